The number of rotatable bonds is 4. The lowest BCUT2D eigenvalue weighted by atomic mass is 9.97. The van der Waals surface area contributed by atoms with E-state index < -0.39 is 16.6 Å². The summed E-state index contributed by atoms with van der Waals surface area (Å²) in [5.74, 6) is 0.748. The number of piperidine rings is 1. The lowest BCUT2D eigenvalue weighted by Gasteiger charge is -2.32. The number of pyridine rings is 1. The van der Waals surface area contributed by atoms with Crippen molar-refractivity contribution in [2.45, 2.75) is 39.2 Å². The molecule has 1 aliphatic heterocycles. The Morgan fingerprint density at radius 3 is 2.71 bits per heavy atom. The normalized spacial score (nSPS) is 15.9. The van der Waals surface area contributed by atoms with Crippen molar-refractivity contribution in [1.29, 1.82) is 0 Å². The molecule has 24 heavy (non-hydrogen) atoms. The molecular formula is C16H24N4O4. The average Bonchev–Trinajstić information content (AvgIpc) is 2.52. The fourth-order valence-electron chi connectivity index (χ4n) is 2.67. The zero-order valence-corrected chi connectivity index (χ0v) is 14.3. The maximum Gasteiger partial charge on any atom is 0.407 e. The van der Waals surface area contributed by atoms with Crippen molar-refractivity contribution < 1.29 is 14.5 Å². The largest absolute Gasteiger partial charge is 0.444 e. The van der Waals surface area contributed by atoms with Gasteiger partial charge in [0.15, 0.2) is 0 Å². The van der Waals surface area contributed by atoms with Gasteiger partial charge in [0.05, 0.1) is 4.92 Å². The minimum Gasteiger partial charge on any atom is -0.444 e. The summed E-state index contributed by atoms with van der Waals surface area (Å²) in [6.45, 7) is 7.38. The predicted octanol–water partition coefficient (Wildman–Crippen LogP) is 2.73. The lowest BCUT2D eigenvalue weighted by Crippen LogP contribution is -2.40. The summed E-state index contributed by atoms with van der Waals surface area (Å²) in [5, 5.41) is 13.9. The van der Waals surface area contributed by atoms with Gasteiger partial charge in [-0.3, -0.25) is 10.1 Å². The summed E-state index contributed by atoms with van der Waals surface area (Å²) in [7, 11) is 0. The first-order chi connectivity index (χ1) is 11.3. The van der Waals surface area contributed by atoms with Gasteiger partial charge in [0.1, 0.15) is 5.60 Å². The molecule has 0 atom stereocenters. The average molecular weight is 336 g/mol. The Labute approximate surface area is 141 Å². The molecule has 1 fully saturated rings. The number of aromatic nitrogens is 1. The van der Waals surface area contributed by atoms with E-state index in [1.807, 2.05) is 25.7 Å². The Morgan fingerprint density at radius 2 is 2.12 bits per heavy atom. The molecule has 132 valence electrons. The van der Waals surface area contributed by atoms with Crippen LogP contribution in [0.2, 0.25) is 0 Å². The van der Waals surface area contributed by atoms with E-state index in [2.05, 4.69) is 10.3 Å². The van der Waals surface area contributed by atoms with Gasteiger partial charge in [-0.2, -0.15) is 0 Å². The van der Waals surface area contributed by atoms with Gasteiger partial charge in [-0.05, 0) is 45.6 Å². The third kappa shape index (κ3) is 5.07. The number of nitrogens with one attached hydrogen (secondary N) is 1. The van der Waals surface area contributed by atoms with Crippen molar-refractivity contribution in [3.05, 3.63) is 28.4 Å². The number of hydrogen-bond donors (Lipinski definition) is 1. The van der Waals surface area contributed by atoms with Crippen LogP contribution in [0.5, 0.6) is 0 Å². The second-order valence-corrected chi connectivity index (χ2v) is 6.92. The summed E-state index contributed by atoms with van der Waals surface area (Å²) in [6, 6.07) is 3.04. The van der Waals surface area contributed by atoms with Crippen LogP contribution in [0.4, 0.5) is 16.3 Å². The smallest absolute Gasteiger partial charge is 0.407 e. The van der Waals surface area contributed by atoms with Crippen molar-refractivity contribution >= 4 is 17.6 Å². The summed E-state index contributed by atoms with van der Waals surface area (Å²) in [4.78, 5) is 28.5. The van der Waals surface area contributed by atoms with Crippen LogP contribution in [0.15, 0.2) is 18.3 Å². The SMILES string of the molecule is CC(C)(C)OC(=O)NCC1CCN(c2ncccc2[N+](=O)[O-])CC1. The second-order valence-electron chi connectivity index (χ2n) is 6.92. The Bertz CT molecular complexity index is 592. The van der Waals surface area contributed by atoms with Crippen LogP contribution in [0.3, 0.4) is 0 Å². The van der Waals surface area contributed by atoms with E-state index in [4.69, 9.17) is 4.74 Å². The van der Waals surface area contributed by atoms with Crippen LogP contribution in [-0.2, 0) is 4.74 Å². The van der Waals surface area contributed by atoms with Crippen molar-refractivity contribution in [3.63, 3.8) is 0 Å². The molecule has 1 aromatic heterocycles. The Kier molecular flexibility index (Phi) is 5.58. The Morgan fingerprint density at radius 1 is 1.46 bits per heavy atom. The third-order valence-electron chi connectivity index (χ3n) is 3.81. The van der Waals surface area contributed by atoms with Gasteiger partial charge in [0.2, 0.25) is 5.82 Å². The minimum absolute atomic E-state index is 0.0304. The highest BCUT2D eigenvalue weighted by atomic mass is 16.6. The molecule has 1 saturated heterocycles. The molecule has 0 aromatic carbocycles. The first-order valence-corrected chi connectivity index (χ1v) is 8.07. The highest BCUT2D eigenvalue weighted by Gasteiger charge is 2.26. The molecule has 1 N–H and O–H groups in total. The van der Waals surface area contributed by atoms with Gasteiger partial charge in [0, 0.05) is 31.9 Å². The van der Waals surface area contributed by atoms with Crippen LogP contribution < -0.4 is 10.2 Å². The Balaban J connectivity index is 1.84. The molecular weight excluding hydrogens is 312 g/mol. The van der Waals surface area contributed by atoms with E-state index in [9.17, 15) is 14.9 Å². The number of ether oxygens (including phenoxy) is 1. The highest BCUT2D eigenvalue weighted by Crippen LogP contribution is 2.28. The van der Waals surface area contributed by atoms with E-state index in [1.54, 1.807) is 12.3 Å². The molecule has 8 heteroatoms. The van der Waals surface area contributed by atoms with E-state index in [1.165, 1.54) is 6.07 Å². The Hall–Kier alpha value is -2.38. The molecule has 1 aromatic rings. The predicted molar refractivity (Wildman–Crippen MR) is 90.1 cm³/mol. The number of alkyl carbamates (subject to hydrolysis) is 1. The monoisotopic (exact) mass is 336 g/mol. The number of anilines is 1. The number of amides is 1. The molecule has 2 heterocycles. The van der Waals surface area contributed by atoms with Crippen LogP contribution >= 0.6 is 0 Å². The minimum atomic E-state index is -0.509. The molecule has 0 radical (unpaired) electrons. The molecule has 1 aliphatic rings. The van der Waals surface area contributed by atoms with Crippen molar-refractivity contribution in [3.8, 4) is 0 Å². The number of carbonyl (C=O) groups excluding carboxylic acids is 1. The zero-order valence-electron chi connectivity index (χ0n) is 14.3. The summed E-state index contributed by atoms with van der Waals surface area (Å²) < 4.78 is 5.22. The summed E-state index contributed by atoms with van der Waals surface area (Å²) >= 11 is 0. The molecule has 0 unspecified atom stereocenters. The second kappa shape index (κ2) is 7.46. The topological polar surface area (TPSA) is 97.6 Å². The van der Waals surface area contributed by atoms with Gasteiger partial charge < -0.3 is 15.0 Å². The quantitative estimate of drug-likeness (QED) is 0.670. The van der Waals surface area contributed by atoms with Gasteiger partial charge in [-0.1, -0.05) is 0 Å². The maximum absolute atomic E-state index is 11.7. The highest BCUT2D eigenvalue weighted by molar-refractivity contribution is 5.67. The van der Waals surface area contributed by atoms with Crippen molar-refractivity contribution in [2.75, 3.05) is 24.5 Å². The van der Waals surface area contributed by atoms with Gasteiger partial charge >= 0.3 is 11.8 Å². The van der Waals surface area contributed by atoms with E-state index in [-0.39, 0.29) is 5.69 Å². The van der Waals surface area contributed by atoms with Crippen molar-refractivity contribution in [1.82, 2.24) is 10.3 Å². The summed E-state index contributed by atoms with van der Waals surface area (Å²) in [6.07, 6.45) is 2.83. The fourth-order valence-corrected chi connectivity index (χ4v) is 2.67. The van der Waals surface area contributed by atoms with Crippen LogP contribution in [0.25, 0.3) is 0 Å². The molecule has 2 rings (SSSR count). The van der Waals surface area contributed by atoms with Crippen LogP contribution in [0.1, 0.15) is 33.6 Å². The van der Waals surface area contributed by atoms with E-state index >= 15 is 0 Å². The first kappa shape index (κ1) is 18.0. The zero-order chi connectivity index (χ0) is 17.7. The fraction of sp³-hybridized carbons (Fsp3) is 0.625. The number of nitro groups is 1. The number of hydrogen-bond acceptors (Lipinski definition) is 6. The van der Waals surface area contributed by atoms with E-state index in [0.717, 1.165) is 12.8 Å². The molecule has 0 spiro atoms. The van der Waals surface area contributed by atoms with E-state index in [0.29, 0.717) is 31.4 Å². The molecule has 1 amide bonds. The maximum atomic E-state index is 11.7. The number of nitrogens with zero attached hydrogens (tertiary/aromatic N) is 3. The van der Waals surface area contributed by atoms with Gasteiger partial charge in [-0.25, -0.2) is 9.78 Å². The standard InChI is InChI=1S/C16H24N4O4/c1-16(2,3)24-15(21)18-11-12-6-9-19(10-7-12)14-13(20(22)23)5-4-8-17-14/h4-5,8,12H,6-7,9-11H2,1-3H3,(H,18,21). The molecule has 0 aliphatic carbocycles. The van der Waals surface area contributed by atoms with Crippen LogP contribution in [0, 0.1) is 16.0 Å². The molecule has 8 nitrogen and oxygen atoms in total. The lowest BCUT2D eigenvalue weighted by molar-refractivity contribution is -0.384. The van der Waals surface area contributed by atoms with Gasteiger partial charge in [0.25, 0.3) is 0 Å². The summed E-state index contributed by atoms with van der Waals surface area (Å²) in [5.41, 5.74) is -0.478. The van der Waals surface area contributed by atoms with Crippen LogP contribution in [-0.4, -0.2) is 41.2 Å². The van der Waals surface area contributed by atoms with Crippen molar-refractivity contribution in [2.24, 2.45) is 5.92 Å². The molecule has 0 bridgehead atoms. The number of carbonyl (C=O) groups is 1. The first-order valence-electron chi connectivity index (χ1n) is 8.07. The third-order valence-corrected chi connectivity index (χ3v) is 3.81. The van der Waals surface area contributed by atoms with Gasteiger partial charge in [-0.15, -0.1) is 0 Å². The molecule has 0 saturated carbocycles.